The molecule has 0 saturated carbocycles. The van der Waals surface area contributed by atoms with E-state index in [2.05, 4.69) is 6.58 Å². The zero-order valence-electron chi connectivity index (χ0n) is 8.79. The molecule has 0 N–H and O–H groups in total. The minimum absolute atomic E-state index is 0.0787. The van der Waals surface area contributed by atoms with Crippen LogP contribution in [0.3, 0.4) is 0 Å². The van der Waals surface area contributed by atoms with Crippen LogP contribution in [0.4, 0.5) is 0 Å². The minimum atomic E-state index is -0.506. The van der Waals surface area contributed by atoms with Crippen LogP contribution < -0.4 is 0 Å². The second-order valence-electron chi connectivity index (χ2n) is 3.91. The zero-order valence-corrected chi connectivity index (χ0v) is 8.79. The van der Waals surface area contributed by atoms with Crippen molar-refractivity contribution in [3.05, 3.63) is 12.7 Å². The number of rotatable bonds is 3. The van der Waals surface area contributed by atoms with Gasteiger partial charge in [0, 0.05) is 7.11 Å². The molecule has 2 atom stereocenters. The van der Waals surface area contributed by atoms with Crippen LogP contribution >= 0.6 is 0 Å². The molecule has 0 aromatic rings. The largest absolute Gasteiger partial charge is 0.372 e. The smallest absolute Gasteiger partial charge is 0.163 e. The van der Waals surface area contributed by atoms with E-state index < -0.39 is 11.4 Å². The van der Waals surface area contributed by atoms with Gasteiger partial charge in [0.05, 0.1) is 6.61 Å². The summed E-state index contributed by atoms with van der Waals surface area (Å²) in [6.07, 6.45) is 1.67. The molecule has 0 aromatic heterocycles. The van der Waals surface area contributed by atoms with Crippen LogP contribution in [-0.4, -0.2) is 31.2 Å². The molecular weight excluding hydrogens is 168 g/mol. The lowest BCUT2D eigenvalue weighted by atomic mass is 10.00. The summed E-state index contributed by atoms with van der Waals surface area (Å²) in [5.41, 5.74) is -0.465. The molecule has 1 aliphatic heterocycles. The second kappa shape index (κ2) is 3.40. The van der Waals surface area contributed by atoms with E-state index in [4.69, 9.17) is 14.2 Å². The van der Waals surface area contributed by atoms with Gasteiger partial charge in [-0.25, -0.2) is 0 Å². The van der Waals surface area contributed by atoms with Gasteiger partial charge < -0.3 is 14.2 Å². The lowest BCUT2D eigenvalue weighted by Gasteiger charge is -2.30. The molecule has 0 radical (unpaired) electrons. The highest BCUT2D eigenvalue weighted by molar-refractivity contribution is 5.01. The van der Waals surface area contributed by atoms with E-state index in [0.717, 1.165) is 0 Å². The molecule has 1 saturated heterocycles. The number of hydrogen-bond acceptors (Lipinski definition) is 3. The van der Waals surface area contributed by atoms with Crippen LogP contribution in [0.1, 0.15) is 20.8 Å². The Morgan fingerprint density at radius 2 is 2.23 bits per heavy atom. The van der Waals surface area contributed by atoms with Gasteiger partial charge in [0.2, 0.25) is 0 Å². The summed E-state index contributed by atoms with van der Waals surface area (Å²) in [5.74, 6) is -0.506. The Kier molecular flexibility index (Phi) is 2.80. The maximum Gasteiger partial charge on any atom is 0.163 e. The first-order chi connectivity index (χ1) is 5.93. The van der Waals surface area contributed by atoms with Crippen LogP contribution in [0.5, 0.6) is 0 Å². The molecule has 76 valence electrons. The molecule has 0 aromatic carbocycles. The third-order valence-electron chi connectivity index (χ3n) is 2.49. The van der Waals surface area contributed by atoms with Crippen molar-refractivity contribution in [2.45, 2.75) is 38.3 Å². The van der Waals surface area contributed by atoms with E-state index in [-0.39, 0.29) is 6.10 Å². The van der Waals surface area contributed by atoms with E-state index in [9.17, 15) is 0 Å². The fraction of sp³-hybridized carbons (Fsp3) is 0.800. The van der Waals surface area contributed by atoms with Gasteiger partial charge in [-0.1, -0.05) is 6.08 Å². The summed E-state index contributed by atoms with van der Waals surface area (Å²) >= 11 is 0. The summed E-state index contributed by atoms with van der Waals surface area (Å²) in [6.45, 7) is 10.0. The summed E-state index contributed by atoms with van der Waals surface area (Å²) in [4.78, 5) is 0. The Hall–Kier alpha value is -0.380. The quantitative estimate of drug-likeness (QED) is 0.628. The van der Waals surface area contributed by atoms with E-state index in [0.29, 0.717) is 6.61 Å². The molecule has 13 heavy (non-hydrogen) atoms. The van der Waals surface area contributed by atoms with Crippen molar-refractivity contribution in [2.75, 3.05) is 13.7 Å². The average Bonchev–Trinajstić information content (AvgIpc) is 2.45. The molecule has 1 heterocycles. The molecule has 1 fully saturated rings. The summed E-state index contributed by atoms with van der Waals surface area (Å²) < 4.78 is 16.5. The molecule has 0 bridgehead atoms. The topological polar surface area (TPSA) is 27.7 Å². The lowest BCUT2D eigenvalue weighted by Crippen LogP contribution is -2.41. The van der Waals surface area contributed by atoms with Gasteiger partial charge >= 0.3 is 0 Å². The van der Waals surface area contributed by atoms with E-state index in [1.54, 1.807) is 13.2 Å². The SMILES string of the molecule is C=CC(C)(OC)C1COC(C)(C)O1. The van der Waals surface area contributed by atoms with Crippen molar-refractivity contribution in [2.24, 2.45) is 0 Å². The predicted octanol–water partition coefficient (Wildman–Crippen LogP) is 1.73. The van der Waals surface area contributed by atoms with E-state index in [1.165, 1.54) is 0 Å². The third kappa shape index (κ3) is 2.10. The van der Waals surface area contributed by atoms with Gasteiger partial charge in [-0.05, 0) is 20.8 Å². The van der Waals surface area contributed by atoms with Crippen molar-refractivity contribution in [3.8, 4) is 0 Å². The molecular formula is C10H18O3. The highest BCUT2D eigenvalue weighted by Crippen LogP contribution is 2.31. The van der Waals surface area contributed by atoms with E-state index >= 15 is 0 Å². The standard InChI is InChI=1S/C10H18O3/c1-6-10(4,11-5)8-7-12-9(2,3)13-8/h6,8H,1,7H2,2-5H3. The van der Waals surface area contributed by atoms with Gasteiger partial charge in [-0.15, -0.1) is 6.58 Å². The summed E-state index contributed by atoms with van der Waals surface area (Å²) in [7, 11) is 1.65. The molecule has 0 spiro atoms. The Morgan fingerprint density at radius 3 is 2.54 bits per heavy atom. The summed E-state index contributed by atoms with van der Waals surface area (Å²) in [5, 5.41) is 0. The van der Waals surface area contributed by atoms with Crippen molar-refractivity contribution in [3.63, 3.8) is 0 Å². The van der Waals surface area contributed by atoms with Gasteiger partial charge in [-0.2, -0.15) is 0 Å². The number of methoxy groups -OCH3 is 1. The molecule has 2 unspecified atom stereocenters. The van der Waals surface area contributed by atoms with Crippen molar-refractivity contribution in [1.29, 1.82) is 0 Å². The van der Waals surface area contributed by atoms with E-state index in [1.807, 2.05) is 20.8 Å². The number of ether oxygens (including phenoxy) is 3. The van der Waals surface area contributed by atoms with Gasteiger partial charge in [0.25, 0.3) is 0 Å². The monoisotopic (exact) mass is 186 g/mol. The first-order valence-electron chi connectivity index (χ1n) is 4.44. The van der Waals surface area contributed by atoms with Crippen LogP contribution in [0.25, 0.3) is 0 Å². The minimum Gasteiger partial charge on any atom is -0.372 e. The van der Waals surface area contributed by atoms with Crippen LogP contribution in [0.2, 0.25) is 0 Å². The maximum absolute atomic E-state index is 5.68. The Bertz CT molecular complexity index is 200. The fourth-order valence-corrected chi connectivity index (χ4v) is 1.32. The van der Waals surface area contributed by atoms with Crippen molar-refractivity contribution >= 4 is 0 Å². The first kappa shape index (κ1) is 10.7. The van der Waals surface area contributed by atoms with Gasteiger partial charge in [0.15, 0.2) is 5.79 Å². The molecule has 1 aliphatic rings. The number of hydrogen-bond donors (Lipinski definition) is 0. The average molecular weight is 186 g/mol. The molecule has 3 heteroatoms. The zero-order chi connectivity index (χ0) is 10.1. The fourth-order valence-electron chi connectivity index (χ4n) is 1.32. The molecule has 0 aliphatic carbocycles. The lowest BCUT2D eigenvalue weighted by molar-refractivity contribution is -0.163. The van der Waals surface area contributed by atoms with Gasteiger partial charge in [0.1, 0.15) is 11.7 Å². The van der Waals surface area contributed by atoms with Crippen LogP contribution in [0, 0.1) is 0 Å². The highest BCUT2D eigenvalue weighted by atomic mass is 16.7. The third-order valence-corrected chi connectivity index (χ3v) is 2.49. The second-order valence-corrected chi connectivity index (χ2v) is 3.91. The Balaban J connectivity index is 2.69. The molecule has 3 nitrogen and oxygen atoms in total. The maximum atomic E-state index is 5.68. The highest BCUT2D eigenvalue weighted by Gasteiger charge is 2.42. The molecule has 0 amide bonds. The van der Waals surface area contributed by atoms with Crippen LogP contribution in [-0.2, 0) is 14.2 Å². The van der Waals surface area contributed by atoms with Crippen molar-refractivity contribution in [1.82, 2.24) is 0 Å². The van der Waals surface area contributed by atoms with Gasteiger partial charge in [-0.3, -0.25) is 0 Å². The van der Waals surface area contributed by atoms with Crippen molar-refractivity contribution < 1.29 is 14.2 Å². The molecule has 1 rings (SSSR count). The normalized spacial score (nSPS) is 31.2. The first-order valence-corrected chi connectivity index (χ1v) is 4.44. The Labute approximate surface area is 79.7 Å². The summed E-state index contributed by atoms with van der Waals surface area (Å²) in [6, 6.07) is 0. The Morgan fingerprint density at radius 1 is 1.62 bits per heavy atom. The predicted molar refractivity (Wildman–Crippen MR) is 50.5 cm³/mol. The van der Waals surface area contributed by atoms with Crippen LogP contribution in [0.15, 0.2) is 12.7 Å².